The maximum atomic E-state index is 12.0. The molecule has 0 fully saturated rings. The molecule has 24 heavy (non-hydrogen) atoms. The number of ether oxygens (including phenoxy) is 1. The third kappa shape index (κ3) is 6.60. The quantitative estimate of drug-likeness (QED) is 0.731. The molecule has 1 N–H and O–H groups in total. The highest BCUT2D eigenvalue weighted by Crippen LogP contribution is 2.12. The largest absolute Gasteiger partial charge is 0.377 e. The van der Waals surface area contributed by atoms with Crippen LogP contribution < -0.4 is 5.32 Å². The lowest BCUT2D eigenvalue weighted by molar-refractivity contribution is 0.118. The van der Waals surface area contributed by atoms with Gasteiger partial charge in [0.05, 0.1) is 6.61 Å². The molecule has 0 aliphatic rings. The Morgan fingerprint density at radius 2 is 1.88 bits per heavy atom. The molecule has 0 unspecified atom stereocenters. The summed E-state index contributed by atoms with van der Waals surface area (Å²) in [4.78, 5) is 13.7. The highest BCUT2D eigenvalue weighted by molar-refractivity contribution is 6.30. The van der Waals surface area contributed by atoms with Crippen molar-refractivity contribution in [1.29, 1.82) is 0 Å². The van der Waals surface area contributed by atoms with Crippen LogP contribution in [-0.4, -0.2) is 31.1 Å². The van der Waals surface area contributed by atoms with Crippen LogP contribution >= 0.6 is 11.6 Å². The predicted molar refractivity (Wildman–Crippen MR) is 97.0 cm³/mol. The second-order valence-electron chi connectivity index (χ2n) is 5.61. The van der Waals surface area contributed by atoms with E-state index in [4.69, 9.17) is 16.3 Å². The zero-order chi connectivity index (χ0) is 17.2. The molecule has 0 spiro atoms. The summed E-state index contributed by atoms with van der Waals surface area (Å²) in [5.74, 6) is 0. The number of nitrogens with one attached hydrogen (secondary N) is 1. The number of hydrogen-bond donors (Lipinski definition) is 1. The highest BCUT2D eigenvalue weighted by Gasteiger charge is 2.08. The molecule has 128 valence electrons. The van der Waals surface area contributed by atoms with Crippen molar-refractivity contribution >= 4 is 17.6 Å². The predicted octanol–water partition coefficient (Wildman–Crippen LogP) is 4.09. The maximum Gasteiger partial charge on any atom is 0.317 e. The van der Waals surface area contributed by atoms with E-state index in [0.717, 1.165) is 17.5 Å². The van der Waals surface area contributed by atoms with Gasteiger partial charge in [-0.3, -0.25) is 0 Å². The van der Waals surface area contributed by atoms with Crippen LogP contribution in [0.2, 0.25) is 5.02 Å². The van der Waals surface area contributed by atoms with E-state index in [1.165, 1.54) is 0 Å². The van der Waals surface area contributed by atoms with Crippen molar-refractivity contribution in [2.24, 2.45) is 0 Å². The van der Waals surface area contributed by atoms with Gasteiger partial charge in [0.25, 0.3) is 0 Å². The molecule has 5 heteroatoms. The van der Waals surface area contributed by atoms with Crippen LogP contribution in [0, 0.1) is 0 Å². The fraction of sp³-hybridized carbons (Fsp3) is 0.316. The first kappa shape index (κ1) is 18.3. The van der Waals surface area contributed by atoms with Gasteiger partial charge in [-0.1, -0.05) is 54.1 Å². The van der Waals surface area contributed by atoms with E-state index < -0.39 is 0 Å². The van der Waals surface area contributed by atoms with Gasteiger partial charge in [0.15, 0.2) is 0 Å². The summed E-state index contributed by atoms with van der Waals surface area (Å²) < 4.78 is 5.59. The summed E-state index contributed by atoms with van der Waals surface area (Å²) >= 11 is 5.95. The SMILES string of the molecule is CN(Cc1cccc(Cl)c1)C(=O)NCCCOCc1ccccc1. The van der Waals surface area contributed by atoms with Crippen molar-refractivity contribution in [3.05, 3.63) is 70.7 Å². The first-order chi connectivity index (χ1) is 11.6. The number of carbonyl (C=O) groups is 1. The van der Waals surface area contributed by atoms with Gasteiger partial charge in [0, 0.05) is 31.8 Å². The van der Waals surface area contributed by atoms with E-state index in [9.17, 15) is 4.79 Å². The van der Waals surface area contributed by atoms with Gasteiger partial charge in [0.2, 0.25) is 0 Å². The summed E-state index contributed by atoms with van der Waals surface area (Å²) in [6, 6.07) is 17.5. The van der Waals surface area contributed by atoms with Crippen LogP contribution in [0.3, 0.4) is 0 Å². The Labute approximate surface area is 148 Å². The monoisotopic (exact) mass is 346 g/mol. The molecule has 0 radical (unpaired) electrons. The molecule has 2 rings (SSSR count). The van der Waals surface area contributed by atoms with Crippen LogP contribution in [0.1, 0.15) is 17.5 Å². The van der Waals surface area contributed by atoms with Gasteiger partial charge in [-0.15, -0.1) is 0 Å². The molecule has 0 saturated carbocycles. The minimum absolute atomic E-state index is 0.0990. The summed E-state index contributed by atoms with van der Waals surface area (Å²) in [5, 5.41) is 3.57. The number of hydrogen-bond acceptors (Lipinski definition) is 2. The molecule has 0 atom stereocenters. The first-order valence-corrected chi connectivity index (χ1v) is 8.38. The van der Waals surface area contributed by atoms with E-state index in [1.54, 1.807) is 11.9 Å². The third-order valence-corrected chi connectivity index (χ3v) is 3.74. The van der Waals surface area contributed by atoms with Crippen molar-refractivity contribution < 1.29 is 9.53 Å². The lowest BCUT2D eigenvalue weighted by Gasteiger charge is -2.18. The van der Waals surface area contributed by atoms with Crippen molar-refractivity contribution in [2.45, 2.75) is 19.6 Å². The second-order valence-corrected chi connectivity index (χ2v) is 6.05. The fourth-order valence-corrected chi connectivity index (χ4v) is 2.46. The average molecular weight is 347 g/mol. The van der Waals surface area contributed by atoms with Crippen molar-refractivity contribution in [3.8, 4) is 0 Å². The smallest absolute Gasteiger partial charge is 0.317 e. The van der Waals surface area contributed by atoms with Gasteiger partial charge in [-0.25, -0.2) is 4.79 Å². The lowest BCUT2D eigenvalue weighted by atomic mass is 10.2. The number of nitrogens with zero attached hydrogens (tertiary/aromatic N) is 1. The van der Waals surface area contributed by atoms with Crippen LogP contribution in [0.15, 0.2) is 54.6 Å². The minimum atomic E-state index is -0.0990. The Morgan fingerprint density at radius 3 is 2.62 bits per heavy atom. The Kier molecular flexibility index (Phi) is 7.59. The standard InChI is InChI=1S/C19H23ClN2O2/c1-22(14-17-9-5-10-18(20)13-17)19(23)21-11-6-12-24-15-16-7-3-2-4-8-16/h2-5,7-10,13H,6,11-12,14-15H2,1H3,(H,21,23). The molecule has 0 aliphatic carbocycles. The number of amides is 2. The Bertz CT molecular complexity index is 634. The molecule has 0 bridgehead atoms. The van der Waals surface area contributed by atoms with E-state index in [2.05, 4.69) is 5.32 Å². The average Bonchev–Trinajstić information content (AvgIpc) is 2.58. The first-order valence-electron chi connectivity index (χ1n) is 8.00. The molecular formula is C19H23ClN2O2. The summed E-state index contributed by atoms with van der Waals surface area (Å²) in [5.41, 5.74) is 2.16. The van der Waals surface area contributed by atoms with Crippen LogP contribution in [0.5, 0.6) is 0 Å². The molecular weight excluding hydrogens is 324 g/mol. The molecule has 2 amide bonds. The van der Waals surface area contributed by atoms with Gasteiger partial charge >= 0.3 is 6.03 Å². The Morgan fingerprint density at radius 1 is 1.12 bits per heavy atom. The van der Waals surface area contributed by atoms with Gasteiger partial charge in [-0.05, 0) is 29.7 Å². The molecule has 2 aromatic rings. The van der Waals surface area contributed by atoms with Crippen LogP contribution in [0.25, 0.3) is 0 Å². The van der Waals surface area contributed by atoms with Crippen molar-refractivity contribution in [1.82, 2.24) is 10.2 Å². The van der Waals surface area contributed by atoms with E-state index in [-0.39, 0.29) is 6.03 Å². The number of halogens is 1. The molecule has 0 saturated heterocycles. The normalized spacial score (nSPS) is 10.4. The third-order valence-electron chi connectivity index (χ3n) is 3.51. The molecule has 0 aromatic heterocycles. The molecule has 0 heterocycles. The maximum absolute atomic E-state index is 12.0. The number of urea groups is 1. The zero-order valence-corrected chi connectivity index (χ0v) is 14.6. The number of benzene rings is 2. The Balaban J connectivity index is 1.59. The van der Waals surface area contributed by atoms with Gasteiger partial charge < -0.3 is 15.0 Å². The number of carbonyl (C=O) groups excluding carboxylic acids is 1. The lowest BCUT2D eigenvalue weighted by Crippen LogP contribution is -2.37. The van der Waals surface area contributed by atoms with Crippen molar-refractivity contribution in [3.63, 3.8) is 0 Å². The second kappa shape index (κ2) is 9.96. The molecule has 4 nitrogen and oxygen atoms in total. The van der Waals surface area contributed by atoms with Crippen LogP contribution in [-0.2, 0) is 17.9 Å². The molecule has 2 aromatic carbocycles. The van der Waals surface area contributed by atoms with Gasteiger partial charge in [-0.2, -0.15) is 0 Å². The van der Waals surface area contributed by atoms with E-state index in [1.807, 2.05) is 54.6 Å². The van der Waals surface area contributed by atoms with E-state index >= 15 is 0 Å². The molecule has 0 aliphatic heterocycles. The highest BCUT2D eigenvalue weighted by atomic mass is 35.5. The summed E-state index contributed by atoms with van der Waals surface area (Å²) in [7, 11) is 1.77. The topological polar surface area (TPSA) is 41.6 Å². The zero-order valence-electron chi connectivity index (χ0n) is 13.9. The summed E-state index contributed by atoms with van der Waals surface area (Å²) in [6.45, 7) is 2.33. The minimum Gasteiger partial charge on any atom is -0.377 e. The van der Waals surface area contributed by atoms with Gasteiger partial charge in [0.1, 0.15) is 0 Å². The Hall–Kier alpha value is -2.04. The van der Waals surface area contributed by atoms with Crippen LogP contribution in [0.4, 0.5) is 4.79 Å². The van der Waals surface area contributed by atoms with Crippen molar-refractivity contribution in [2.75, 3.05) is 20.2 Å². The summed E-state index contributed by atoms with van der Waals surface area (Å²) in [6.07, 6.45) is 0.781. The van der Waals surface area contributed by atoms with E-state index in [0.29, 0.717) is 31.3 Å². The number of rotatable bonds is 8. The fourth-order valence-electron chi connectivity index (χ4n) is 2.25.